The third kappa shape index (κ3) is 52.5. The van der Waals surface area contributed by atoms with E-state index in [4.69, 9.17) is 81.0 Å². The van der Waals surface area contributed by atoms with Crippen LogP contribution in [0.1, 0.15) is 116 Å². The molecular weight excluding hydrogens is 1980 g/mol. The highest BCUT2D eigenvalue weighted by molar-refractivity contribution is 5.86. The number of phenolic OH excluding ortho intramolecular Hbond substituents is 9. The van der Waals surface area contributed by atoms with Crippen molar-refractivity contribution in [1.29, 1.82) is 0 Å². The number of amides is 4. The number of aliphatic hydroxyl groups excluding tert-OH is 24. The van der Waals surface area contributed by atoms with Gasteiger partial charge in [-0.15, -0.1) is 0 Å². The van der Waals surface area contributed by atoms with Crippen LogP contribution >= 0.6 is 0 Å². The number of phenols is 9. The third-order valence-corrected chi connectivity index (χ3v) is 21.9. The number of aryl methyl sites for hydroxylation is 5. The number of hydrogen-bond acceptors (Lipinski definition) is 43. The van der Waals surface area contributed by atoms with Gasteiger partial charge in [0.05, 0.1) is 40.6 Å². The lowest BCUT2D eigenvalue weighted by atomic mass is 9.97. The van der Waals surface area contributed by atoms with Crippen molar-refractivity contribution >= 4 is 46.8 Å². The molecule has 20 atom stereocenters. The molecule has 836 valence electrons. The summed E-state index contributed by atoms with van der Waals surface area (Å²) in [6, 6.07) is 44.9. The molecule has 0 radical (unpaired) electrons. The molecule has 47 nitrogen and oxygen atoms in total. The van der Waals surface area contributed by atoms with Crippen LogP contribution < -0.4 is 30.7 Å². The summed E-state index contributed by atoms with van der Waals surface area (Å²) in [6.45, 7) is 5.99. The fourth-order valence-corrected chi connectivity index (χ4v) is 12.4. The first-order chi connectivity index (χ1) is 70.5. The number of methoxy groups -OCH3 is 2. The van der Waals surface area contributed by atoms with E-state index in [9.17, 15) is 135 Å². The molecule has 0 unspecified atom stereocenters. The lowest BCUT2D eigenvalue weighted by Gasteiger charge is -2.24. The van der Waals surface area contributed by atoms with Gasteiger partial charge in [0.2, 0.25) is 23.6 Å². The lowest BCUT2D eigenvalue weighted by molar-refractivity contribution is -0.147. The highest BCUT2D eigenvalue weighted by atomic mass is 16.5. The normalized spacial score (nSPS) is 14.8. The summed E-state index contributed by atoms with van der Waals surface area (Å²) in [4.78, 5) is 91.2. The Hall–Kier alpha value is -12.8. The second kappa shape index (κ2) is 72.6. The molecule has 8 rings (SSSR count). The van der Waals surface area contributed by atoms with Crippen LogP contribution in [0.4, 0.5) is 0 Å². The molecule has 8 aromatic rings. The van der Waals surface area contributed by atoms with E-state index in [1.807, 2.05) is 25.1 Å². The first-order valence-electron chi connectivity index (χ1n) is 46.9. The second-order valence-corrected chi connectivity index (χ2v) is 34.1. The maximum atomic E-state index is 11.8. The zero-order chi connectivity index (χ0) is 114. The summed E-state index contributed by atoms with van der Waals surface area (Å²) in [5.41, 5.74) is 7.71. The smallest absolute Gasteiger partial charge is 0.248 e. The molecule has 0 saturated carbocycles. The van der Waals surface area contributed by atoms with Crippen molar-refractivity contribution in [1.82, 2.24) is 21.3 Å². The molecule has 0 aliphatic rings. The van der Waals surface area contributed by atoms with Crippen LogP contribution in [0.2, 0.25) is 0 Å². The SMILES string of the molecule is COc1cc(CCC(=O)[C@H](O)[C@@H](O)[C@H](O)[C@H](O)CO)ccc1O.COc1cc(CNC(=O)[C@H](C)O)ccc1C.C[C@H](O)C(=O)NCCc1ccc(O)c(O)c1.C[C@H](O)C(=O)NCCc1ccc(O)cc1.C[C@H](O)C(=O)NCc1ccc(O)cc1.O=C(CCCc1ccc(O)c(O)c1)[C@H](O)[C@@H](O)[C@H](O)[C@H](O)CO.O=C(CCCc1ccc(O)cc1)[C@H](O)[C@@H](O)[C@H](O)[C@H](O)CO.O=C(CCc1ccc(O)cc1)[C@H](O)[C@@H](O)[C@H](O)[C@H](O)CO. The Morgan fingerprint density at radius 1 is 0.253 bits per heavy atom. The monoisotopic (exact) mass is 2130 g/mol. The average Bonchev–Trinajstić information content (AvgIpc) is 0.879. The quantitative estimate of drug-likeness (QED) is 0.0161. The van der Waals surface area contributed by atoms with Crippen LogP contribution in [-0.4, -0.2) is 391 Å². The standard InChI is InChI=1S/2C15H22O8.C15H22O7.C14H20O7.C12H17NO3.C11H15NO4.C11H15NO3.C10H13NO3/c1-23-12-6-8(2-4-9(12)17)3-5-10(18)13(20)15(22)14(21)11(19)7-16;16-7-12(20)14(22)15(23)13(21)10(18)3-1-2-8-4-5-9(17)11(19)6-8;16-8-12(19)14(21)15(22)13(20)11(18)3-1-2-9-4-6-10(17)7-5-9;15-7-11(18)13(20)14(21)12(19)10(17)6-3-8-1-4-9(16)5-2-8;1-8-4-5-10(6-11(8)16-3)7-13-12(15)9(2)14;1-7(13)11(16)12-5-4-8-2-3-9(14)10(15)6-8;1-8(13)11(15)12-7-6-9-2-4-10(14)5-3-9;1-7(12)10(14)11-6-8-2-4-9(13)5-3-8/h2,4,6,11,13-17,19-22H,3,5,7H2,1H3;4-6,12-17,19-23H,1-3,7H2;4-7,12-17,19-22H,1-3,8H2;1-2,4-5,11-16,18-21H,3,6-7H2;4-6,9,14H,7H2,1-3H3,(H,13,15);2-3,6-7,13-15H,4-5H2,1H3,(H,12,16);2-5,8,13-14H,6-7H2,1H3,(H,12,15);2-5,7,12-13H,6H2,1H3,(H,11,14)/t11-,13+,14-,15-;2*12-,13+,14-,15-;11-,12+,13-,14-;9-;7-;8-;7-/m11110000/s1. The molecule has 37 N–H and O–H groups in total. The van der Waals surface area contributed by atoms with Crippen LogP contribution in [0.5, 0.6) is 63.2 Å². The molecule has 4 amide bonds. The number of benzene rings is 8. The Morgan fingerprint density at radius 3 is 0.807 bits per heavy atom. The number of hydrogen-bond donors (Lipinski definition) is 37. The van der Waals surface area contributed by atoms with Crippen LogP contribution in [0.25, 0.3) is 0 Å². The van der Waals surface area contributed by atoms with Gasteiger partial charge in [0.25, 0.3) is 0 Å². The fourth-order valence-electron chi connectivity index (χ4n) is 12.4. The third-order valence-electron chi connectivity index (χ3n) is 21.9. The van der Waals surface area contributed by atoms with Gasteiger partial charge in [-0.1, -0.05) is 78.9 Å². The van der Waals surface area contributed by atoms with E-state index in [1.165, 1.54) is 95.5 Å². The number of carbonyl (C=O) groups is 8. The number of ketones is 4. The van der Waals surface area contributed by atoms with Crippen molar-refractivity contribution in [3.05, 3.63) is 220 Å². The minimum atomic E-state index is -1.90. The Bertz CT molecular complexity index is 5240. The number of aromatic hydroxyl groups is 9. The van der Waals surface area contributed by atoms with E-state index in [1.54, 1.807) is 98.1 Å². The van der Waals surface area contributed by atoms with Gasteiger partial charge in [-0.05, 0) is 227 Å². The van der Waals surface area contributed by atoms with E-state index < -0.39 is 183 Å². The summed E-state index contributed by atoms with van der Waals surface area (Å²) in [5, 5.41) is 315. The molecule has 0 aliphatic heterocycles. The van der Waals surface area contributed by atoms with E-state index in [0.29, 0.717) is 82.3 Å². The zero-order valence-electron chi connectivity index (χ0n) is 83.7. The predicted molar refractivity (Wildman–Crippen MR) is 535 cm³/mol. The summed E-state index contributed by atoms with van der Waals surface area (Å²) in [6.07, 6.45) is -29.7. The maximum absolute atomic E-state index is 11.8. The molecule has 0 bridgehead atoms. The average molecular weight is 2130 g/mol. The summed E-state index contributed by atoms with van der Waals surface area (Å²) >= 11 is 0. The number of Topliss-reactive ketones (excluding diaryl/α,β-unsaturated/α-hetero) is 4. The van der Waals surface area contributed by atoms with E-state index >= 15 is 0 Å². The van der Waals surface area contributed by atoms with Gasteiger partial charge < -0.3 is 199 Å². The summed E-state index contributed by atoms with van der Waals surface area (Å²) in [5.74, 6) is -3.58. The summed E-state index contributed by atoms with van der Waals surface area (Å²) < 4.78 is 10.1. The lowest BCUT2D eigenvalue weighted by Crippen LogP contribution is -2.48. The zero-order valence-corrected chi connectivity index (χ0v) is 83.7. The van der Waals surface area contributed by atoms with Gasteiger partial charge in [-0.2, -0.15) is 0 Å². The Labute approximate surface area is 864 Å². The van der Waals surface area contributed by atoms with E-state index in [2.05, 4.69) is 21.3 Å². The van der Waals surface area contributed by atoms with E-state index in [-0.39, 0.29) is 101 Å². The molecule has 0 heterocycles. The second-order valence-electron chi connectivity index (χ2n) is 34.1. The number of ether oxygens (including phenoxy) is 2. The van der Waals surface area contributed by atoms with Crippen LogP contribution in [0.3, 0.4) is 0 Å². The Kier molecular flexibility index (Phi) is 65.4. The minimum Gasteiger partial charge on any atom is -0.508 e. The van der Waals surface area contributed by atoms with Crippen molar-refractivity contribution in [3.8, 4) is 63.2 Å². The van der Waals surface area contributed by atoms with Crippen molar-refractivity contribution in [2.24, 2.45) is 0 Å². The van der Waals surface area contributed by atoms with Gasteiger partial charge in [0, 0.05) is 51.9 Å². The summed E-state index contributed by atoms with van der Waals surface area (Å²) in [7, 11) is 3.00. The number of aliphatic hydroxyl groups is 24. The molecule has 8 aromatic carbocycles. The minimum absolute atomic E-state index is 0.0129. The Balaban J connectivity index is 0.000000862. The van der Waals surface area contributed by atoms with Gasteiger partial charge in [-0.25, -0.2) is 0 Å². The van der Waals surface area contributed by atoms with Crippen molar-refractivity contribution < 1.29 is 216 Å². The topological polar surface area (TPSA) is 871 Å². The molecule has 0 fully saturated rings. The molecule has 150 heavy (non-hydrogen) atoms. The van der Waals surface area contributed by atoms with Crippen molar-refractivity contribution in [2.45, 2.75) is 247 Å². The largest absolute Gasteiger partial charge is 0.508 e. The van der Waals surface area contributed by atoms with Crippen LogP contribution in [0.15, 0.2) is 170 Å². The predicted octanol–water partition coefficient (Wildman–Crippen LogP) is -4.23. The fraction of sp³-hybridized carbons (Fsp3) is 0.456. The first kappa shape index (κ1) is 135. The number of carbonyl (C=O) groups excluding carboxylic acids is 8. The molecular formula is C103H146N4O43. The first-order valence-corrected chi connectivity index (χ1v) is 46.9. The molecule has 0 spiro atoms. The molecule has 0 aliphatic carbocycles. The van der Waals surface area contributed by atoms with E-state index in [0.717, 1.165) is 44.7 Å². The molecule has 0 aromatic heterocycles. The van der Waals surface area contributed by atoms with Gasteiger partial charge >= 0.3 is 0 Å². The number of rotatable bonds is 50. The highest BCUT2D eigenvalue weighted by Gasteiger charge is 2.38. The van der Waals surface area contributed by atoms with Crippen LogP contribution in [0, 0.1) is 6.92 Å². The van der Waals surface area contributed by atoms with Gasteiger partial charge in [0.15, 0.2) is 57.6 Å². The van der Waals surface area contributed by atoms with Crippen molar-refractivity contribution in [2.75, 3.05) is 53.7 Å². The van der Waals surface area contributed by atoms with Gasteiger partial charge in [-0.3, -0.25) is 38.4 Å². The molecule has 0 saturated heterocycles. The van der Waals surface area contributed by atoms with Crippen LogP contribution in [-0.2, 0) is 90.0 Å². The highest BCUT2D eigenvalue weighted by Crippen LogP contribution is 2.30. The molecule has 47 heteroatoms. The number of nitrogens with one attached hydrogen (secondary N) is 4. The van der Waals surface area contributed by atoms with Crippen molar-refractivity contribution in [3.63, 3.8) is 0 Å². The maximum Gasteiger partial charge on any atom is 0.248 e. The van der Waals surface area contributed by atoms with Gasteiger partial charge in [0.1, 0.15) is 151 Å². The Morgan fingerprint density at radius 2 is 0.493 bits per heavy atom.